The van der Waals surface area contributed by atoms with Gasteiger partial charge in [-0.2, -0.15) is 0 Å². The van der Waals surface area contributed by atoms with Crippen LogP contribution in [-0.2, 0) is 16.6 Å². The Hall–Kier alpha value is -4.30. The third-order valence-corrected chi connectivity index (χ3v) is 8.12. The molecule has 0 bridgehead atoms. The van der Waals surface area contributed by atoms with E-state index in [1.807, 2.05) is 31.2 Å². The molecule has 0 aromatic heterocycles. The predicted octanol–water partition coefficient (Wildman–Crippen LogP) is 5.34. The second kappa shape index (κ2) is 11.0. The number of benzene rings is 4. The molecule has 1 unspecified atom stereocenters. The number of rotatable bonds is 8. The van der Waals surface area contributed by atoms with Gasteiger partial charge in [-0.15, -0.1) is 0 Å². The van der Waals surface area contributed by atoms with E-state index >= 15 is 0 Å². The molecule has 1 atom stereocenters. The first-order chi connectivity index (χ1) is 18.4. The molecular weight excluding hydrogens is 500 g/mol. The number of nitrogens with zero attached hydrogens (tertiary/aromatic N) is 1. The molecule has 0 radical (unpaired) electrons. The number of ether oxygens (including phenoxy) is 2. The molecular formula is C30H28N2O5S. The Morgan fingerprint density at radius 3 is 2.16 bits per heavy atom. The van der Waals surface area contributed by atoms with Gasteiger partial charge in [-0.3, -0.25) is 9.10 Å². The summed E-state index contributed by atoms with van der Waals surface area (Å²) in [7, 11) is -3.80. The van der Waals surface area contributed by atoms with Crippen molar-refractivity contribution in [3.8, 4) is 11.5 Å². The largest absolute Gasteiger partial charge is 0.486 e. The summed E-state index contributed by atoms with van der Waals surface area (Å²) in [6.07, 6.45) is 0. The molecule has 0 saturated carbocycles. The maximum absolute atomic E-state index is 13.5. The van der Waals surface area contributed by atoms with Gasteiger partial charge in [0.15, 0.2) is 11.5 Å². The van der Waals surface area contributed by atoms with Crippen LogP contribution in [0.25, 0.3) is 0 Å². The van der Waals surface area contributed by atoms with Crippen molar-refractivity contribution in [2.75, 3.05) is 17.5 Å². The summed E-state index contributed by atoms with van der Waals surface area (Å²) in [6.45, 7) is 3.05. The summed E-state index contributed by atoms with van der Waals surface area (Å²) in [5, 5.41) is 3.01. The zero-order chi connectivity index (χ0) is 26.5. The van der Waals surface area contributed by atoms with Crippen molar-refractivity contribution in [1.82, 2.24) is 5.32 Å². The van der Waals surface area contributed by atoms with Gasteiger partial charge in [-0.1, -0.05) is 54.6 Å². The summed E-state index contributed by atoms with van der Waals surface area (Å²) in [6, 6.07) is 29.7. The van der Waals surface area contributed by atoms with Crippen molar-refractivity contribution in [1.29, 1.82) is 0 Å². The van der Waals surface area contributed by atoms with E-state index in [2.05, 4.69) is 5.32 Å². The minimum Gasteiger partial charge on any atom is -0.486 e. The van der Waals surface area contributed by atoms with E-state index in [1.165, 1.54) is 4.31 Å². The standard InChI is InChI=1S/C30H28N2O5S/c1-22(25-16-17-28-29(20-25)37-19-18-36-28)31-30(33)24-14-12-23(13-15-24)21-32(26-8-4-2-5-9-26)38(34,35)27-10-6-3-7-11-27/h2-17,20,22H,18-19,21H2,1H3,(H,31,33). The lowest BCUT2D eigenvalue weighted by atomic mass is 10.1. The van der Waals surface area contributed by atoms with Crippen LogP contribution in [0.2, 0.25) is 0 Å². The van der Waals surface area contributed by atoms with Crippen LogP contribution in [0.15, 0.2) is 108 Å². The van der Waals surface area contributed by atoms with Crippen molar-refractivity contribution in [3.63, 3.8) is 0 Å². The van der Waals surface area contributed by atoms with Crippen molar-refractivity contribution in [2.45, 2.75) is 24.4 Å². The fourth-order valence-electron chi connectivity index (χ4n) is 4.25. The van der Waals surface area contributed by atoms with E-state index in [1.54, 1.807) is 78.9 Å². The first-order valence-corrected chi connectivity index (χ1v) is 13.8. The number of sulfonamides is 1. The molecule has 0 spiro atoms. The summed E-state index contributed by atoms with van der Waals surface area (Å²) < 4.78 is 39.6. The highest BCUT2D eigenvalue weighted by Crippen LogP contribution is 2.32. The minimum atomic E-state index is -3.80. The third-order valence-electron chi connectivity index (χ3n) is 6.33. The number of anilines is 1. The molecule has 0 aliphatic carbocycles. The number of hydrogen-bond acceptors (Lipinski definition) is 5. The average Bonchev–Trinajstić information content (AvgIpc) is 2.96. The fourth-order valence-corrected chi connectivity index (χ4v) is 5.72. The Morgan fingerprint density at radius 1 is 0.842 bits per heavy atom. The molecule has 4 aromatic carbocycles. The van der Waals surface area contributed by atoms with Crippen LogP contribution >= 0.6 is 0 Å². The number of amides is 1. The topological polar surface area (TPSA) is 84.9 Å². The lowest BCUT2D eigenvalue weighted by molar-refractivity contribution is 0.0939. The summed E-state index contributed by atoms with van der Waals surface area (Å²) in [5.74, 6) is 1.15. The van der Waals surface area contributed by atoms with E-state index in [0.29, 0.717) is 36.0 Å². The molecule has 0 fully saturated rings. The molecule has 194 valence electrons. The molecule has 0 saturated heterocycles. The van der Waals surface area contributed by atoms with Gasteiger partial charge < -0.3 is 14.8 Å². The Kier molecular flexibility index (Phi) is 7.33. The van der Waals surface area contributed by atoms with E-state index in [0.717, 1.165) is 11.1 Å². The van der Waals surface area contributed by atoms with Gasteiger partial charge in [0.1, 0.15) is 13.2 Å². The normalized spacial score (nSPS) is 13.4. The first-order valence-electron chi connectivity index (χ1n) is 12.3. The number of hydrogen-bond donors (Lipinski definition) is 1. The van der Waals surface area contributed by atoms with Crippen molar-refractivity contribution in [2.24, 2.45) is 0 Å². The fraction of sp³-hybridized carbons (Fsp3) is 0.167. The molecule has 1 amide bonds. The van der Waals surface area contributed by atoms with Crippen LogP contribution in [0.1, 0.15) is 34.5 Å². The maximum atomic E-state index is 13.5. The van der Waals surface area contributed by atoms with Crippen molar-refractivity contribution in [3.05, 3.63) is 120 Å². The first kappa shape index (κ1) is 25.4. The number of fused-ring (bicyclic) bond motifs is 1. The van der Waals surface area contributed by atoms with Crippen LogP contribution in [0, 0.1) is 0 Å². The van der Waals surface area contributed by atoms with E-state index in [-0.39, 0.29) is 23.4 Å². The van der Waals surface area contributed by atoms with Gasteiger partial charge >= 0.3 is 0 Å². The van der Waals surface area contributed by atoms with Gasteiger partial charge in [0.2, 0.25) is 0 Å². The monoisotopic (exact) mass is 528 g/mol. The van der Waals surface area contributed by atoms with Gasteiger partial charge in [-0.25, -0.2) is 8.42 Å². The summed E-state index contributed by atoms with van der Waals surface area (Å²) in [5.41, 5.74) is 2.70. The number of nitrogens with one attached hydrogen (secondary N) is 1. The molecule has 8 heteroatoms. The summed E-state index contributed by atoms with van der Waals surface area (Å²) >= 11 is 0. The number of para-hydroxylation sites is 1. The van der Waals surface area contributed by atoms with Crippen LogP contribution < -0.4 is 19.1 Å². The SMILES string of the molecule is CC(NC(=O)c1ccc(CN(c2ccccc2)S(=O)(=O)c2ccccc2)cc1)c1ccc2c(c1)OCCO2. The lowest BCUT2D eigenvalue weighted by Gasteiger charge is -2.25. The van der Waals surface area contributed by atoms with Crippen LogP contribution in [0.4, 0.5) is 5.69 Å². The zero-order valence-corrected chi connectivity index (χ0v) is 21.7. The van der Waals surface area contributed by atoms with Crippen LogP contribution in [0.5, 0.6) is 11.5 Å². The lowest BCUT2D eigenvalue weighted by Crippen LogP contribution is -2.30. The number of carbonyl (C=O) groups is 1. The van der Waals surface area contributed by atoms with Crippen LogP contribution in [-0.4, -0.2) is 27.5 Å². The summed E-state index contributed by atoms with van der Waals surface area (Å²) in [4.78, 5) is 13.2. The highest BCUT2D eigenvalue weighted by Gasteiger charge is 2.25. The molecule has 7 nitrogen and oxygen atoms in total. The molecule has 1 aliphatic rings. The Labute approximate surface area is 222 Å². The van der Waals surface area contributed by atoms with Crippen molar-refractivity contribution >= 4 is 21.6 Å². The van der Waals surface area contributed by atoms with Gasteiger partial charge in [0.25, 0.3) is 15.9 Å². The minimum absolute atomic E-state index is 0.122. The maximum Gasteiger partial charge on any atom is 0.264 e. The molecule has 4 aromatic rings. The Morgan fingerprint density at radius 2 is 1.47 bits per heavy atom. The Balaban J connectivity index is 1.31. The van der Waals surface area contributed by atoms with Crippen molar-refractivity contribution < 1.29 is 22.7 Å². The second-order valence-corrected chi connectivity index (χ2v) is 10.8. The Bertz CT molecular complexity index is 1510. The van der Waals surface area contributed by atoms with Gasteiger partial charge in [0, 0.05) is 5.56 Å². The predicted molar refractivity (Wildman–Crippen MR) is 146 cm³/mol. The molecule has 1 aliphatic heterocycles. The van der Waals surface area contributed by atoms with Gasteiger partial charge in [-0.05, 0) is 66.6 Å². The zero-order valence-electron chi connectivity index (χ0n) is 20.9. The highest BCUT2D eigenvalue weighted by molar-refractivity contribution is 7.92. The third kappa shape index (κ3) is 5.50. The molecule has 1 N–H and O–H groups in total. The van der Waals surface area contributed by atoms with E-state index in [4.69, 9.17) is 9.47 Å². The van der Waals surface area contributed by atoms with Crippen LogP contribution in [0.3, 0.4) is 0 Å². The number of carbonyl (C=O) groups excluding carboxylic acids is 1. The molecule has 5 rings (SSSR count). The van der Waals surface area contributed by atoms with E-state index < -0.39 is 10.0 Å². The smallest absolute Gasteiger partial charge is 0.264 e. The molecule has 38 heavy (non-hydrogen) atoms. The average molecular weight is 529 g/mol. The highest BCUT2D eigenvalue weighted by atomic mass is 32.2. The second-order valence-electron chi connectivity index (χ2n) is 8.96. The quantitative estimate of drug-likeness (QED) is 0.334. The van der Waals surface area contributed by atoms with Gasteiger partial charge in [0.05, 0.1) is 23.2 Å². The molecule has 1 heterocycles. The van der Waals surface area contributed by atoms with E-state index in [9.17, 15) is 13.2 Å².